The minimum atomic E-state index is -3.04. The average Bonchev–Trinajstić information content (AvgIpc) is 3.32. The zero-order chi connectivity index (χ0) is 21.5. The molecule has 158 valence electrons. The molecule has 3 aromatic heterocycles. The van der Waals surface area contributed by atoms with E-state index in [4.69, 9.17) is 0 Å². The van der Waals surface area contributed by atoms with Crippen LogP contribution in [0.25, 0.3) is 16.7 Å². The summed E-state index contributed by atoms with van der Waals surface area (Å²) in [6.45, 7) is 6.21. The molecule has 1 fully saturated rings. The van der Waals surface area contributed by atoms with E-state index in [1.165, 1.54) is 13.0 Å². The van der Waals surface area contributed by atoms with Gasteiger partial charge in [0.25, 0.3) is 5.92 Å². The van der Waals surface area contributed by atoms with Gasteiger partial charge in [0.2, 0.25) is 5.91 Å². The smallest absolute Gasteiger partial charge is 0.287 e. The van der Waals surface area contributed by atoms with E-state index in [0.717, 1.165) is 55.1 Å². The number of aromatic nitrogens is 3. The van der Waals surface area contributed by atoms with Crippen molar-refractivity contribution in [1.29, 1.82) is 0 Å². The summed E-state index contributed by atoms with van der Waals surface area (Å²) in [7, 11) is 0. The van der Waals surface area contributed by atoms with E-state index < -0.39 is 5.92 Å². The fourth-order valence-electron chi connectivity index (χ4n) is 4.14. The van der Waals surface area contributed by atoms with Gasteiger partial charge in [0.1, 0.15) is 17.3 Å². The van der Waals surface area contributed by atoms with Gasteiger partial charge in [-0.1, -0.05) is 13.0 Å². The third-order valence-corrected chi connectivity index (χ3v) is 5.40. The summed E-state index contributed by atoms with van der Waals surface area (Å²) in [4.78, 5) is 22.6. The van der Waals surface area contributed by atoms with E-state index in [2.05, 4.69) is 20.2 Å². The quantitative estimate of drug-likeness (QED) is 0.661. The highest BCUT2D eigenvalue weighted by Crippen LogP contribution is 2.39. The van der Waals surface area contributed by atoms with Crippen molar-refractivity contribution in [2.75, 3.05) is 23.3 Å². The van der Waals surface area contributed by atoms with Crippen molar-refractivity contribution < 1.29 is 13.6 Å². The number of anilines is 2. The zero-order valence-corrected chi connectivity index (χ0v) is 17.4. The number of rotatable bonds is 5. The van der Waals surface area contributed by atoms with Crippen LogP contribution in [0, 0.1) is 0 Å². The SMILES string of the molecule is CCc1c(N2CCCC2)c2cnc(NC(C)=O)cc2n1-c1cccc(C(C)(F)F)n1. The van der Waals surface area contributed by atoms with Crippen LogP contribution in [0.1, 0.15) is 45.0 Å². The molecule has 1 aliphatic rings. The fraction of sp³-hybridized carbons (Fsp3) is 0.409. The van der Waals surface area contributed by atoms with Crippen molar-refractivity contribution in [3.63, 3.8) is 0 Å². The Morgan fingerprint density at radius 2 is 2.00 bits per heavy atom. The standard InChI is InChI=1S/C22H25F2N5O/c1-4-16-21(28-10-5-6-11-28)15-13-25-19(26-14(2)30)12-17(15)29(16)20-9-7-8-18(27-20)22(3,23)24/h7-9,12-13H,4-6,10-11H2,1-3H3,(H,25,26,30). The number of carbonyl (C=O) groups excluding carboxylic acids is 1. The molecule has 1 aliphatic heterocycles. The highest BCUT2D eigenvalue weighted by atomic mass is 19.3. The molecule has 30 heavy (non-hydrogen) atoms. The van der Waals surface area contributed by atoms with E-state index in [0.29, 0.717) is 18.1 Å². The summed E-state index contributed by atoms with van der Waals surface area (Å²) in [6, 6.07) is 6.46. The van der Waals surface area contributed by atoms with Crippen molar-refractivity contribution >= 4 is 28.3 Å². The molecule has 0 bridgehead atoms. The number of nitrogens with zero attached hydrogens (tertiary/aromatic N) is 4. The molecule has 3 aromatic rings. The Hall–Kier alpha value is -3.03. The largest absolute Gasteiger partial charge is 0.370 e. The second-order valence-corrected chi connectivity index (χ2v) is 7.72. The number of nitrogens with one attached hydrogen (secondary N) is 1. The highest BCUT2D eigenvalue weighted by molar-refractivity contribution is 5.99. The Kier molecular flexibility index (Phi) is 5.17. The van der Waals surface area contributed by atoms with E-state index in [9.17, 15) is 13.6 Å². The Bertz CT molecular complexity index is 1100. The van der Waals surface area contributed by atoms with Crippen LogP contribution >= 0.6 is 0 Å². The van der Waals surface area contributed by atoms with Gasteiger partial charge in [0.05, 0.1) is 11.2 Å². The van der Waals surface area contributed by atoms with Gasteiger partial charge in [0.15, 0.2) is 0 Å². The van der Waals surface area contributed by atoms with E-state index in [1.807, 2.05) is 11.5 Å². The summed E-state index contributed by atoms with van der Waals surface area (Å²) in [5.41, 5.74) is 2.58. The molecule has 0 aliphatic carbocycles. The van der Waals surface area contributed by atoms with Crippen molar-refractivity contribution in [3.05, 3.63) is 41.9 Å². The second kappa shape index (κ2) is 7.66. The Morgan fingerprint density at radius 3 is 2.63 bits per heavy atom. The lowest BCUT2D eigenvalue weighted by Gasteiger charge is -2.20. The molecule has 0 aromatic carbocycles. The summed E-state index contributed by atoms with van der Waals surface area (Å²) >= 11 is 0. The molecule has 1 amide bonds. The van der Waals surface area contributed by atoms with E-state index in [1.54, 1.807) is 24.4 Å². The molecule has 4 heterocycles. The number of carbonyl (C=O) groups is 1. The molecule has 4 rings (SSSR count). The lowest BCUT2D eigenvalue weighted by Crippen LogP contribution is -2.19. The zero-order valence-electron chi connectivity index (χ0n) is 17.4. The van der Waals surface area contributed by atoms with Gasteiger partial charge in [-0.2, -0.15) is 8.78 Å². The molecule has 0 saturated carbocycles. The van der Waals surface area contributed by atoms with Gasteiger partial charge in [-0.25, -0.2) is 9.97 Å². The minimum Gasteiger partial charge on any atom is -0.370 e. The molecular weight excluding hydrogens is 388 g/mol. The molecule has 0 unspecified atom stereocenters. The van der Waals surface area contributed by atoms with Crippen molar-refractivity contribution in [2.24, 2.45) is 0 Å². The molecule has 1 saturated heterocycles. The van der Waals surface area contributed by atoms with E-state index in [-0.39, 0.29) is 11.6 Å². The summed E-state index contributed by atoms with van der Waals surface area (Å²) in [5, 5.41) is 3.64. The maximum absolute atomic E-state index is 14.0. The number of pyridine rings is 2. The van der Waals surface area contributed by atoms with Crippen LogP contribution in [0.4, 0.5) is 20.3 Å². The number of hydrogen-bond donors (Lipinski definition) is 1. The van der Waals surface area contributed by atoms with Gasteiger partial charge >= 0.3 is 0 Å². The molecule has 0 atom stereocenters. The predicted octanol–water partition coefficient (Wildman–Crippen LogP) is 4.65. The minimum absolute atomic E-state index is 0.221. The molecule has 8 heteroatoms. The van der Waals surface area contributed by atoms with E-state index >= 15 is 0 Å². The fourth-order valence-corrected chi connectivity index (χ4v) is 4.14. The Balaban J connectivity index is 2.00. The lowest BCUT2D eigenvalue weighted by atomic mass is 10.2. The van der Waals surface area contributed by atoms with Crippen molar-refractivity contribution in [3.8, 4) is 5.82 Å². The maximum Gasteiger partial charge on any atom is 0.287 e. The number of halogens is 2. The van der Waals surface area contributed by atoms with Crippen molar-refractivity contribution in [2.45, 2.75) is 46.0 Å². The van der Waals surface area contributed by atoms with Gasteiger partial charge in [0, 0.05) is 50.3 Å². The third kappa shape index (κ3) is 3.62. The van der Waals surface area contributed by atoms with Crippen LogP contribution in [0.5, 0.6) is 0 Å². The molecule has 6 nitrogen and oxygen atoms in total. The lowest BCUT2D eigenvalue weighted by molar-refractivity contribution is -0.114. The second-order valence-electron chi connectivity index (χ2n) is 7.72. The van der Waals surface area contributed by atoms with Crippen LogP contribution < -0.4 is 10.2 Å². The third-order valence-electron chi connectivity index (χ3n) is 5.40. The molecular formula is C22H25F2N5O. The van der Waals surface area contributed by atoms with Crippen LogP contribution in [0.3, 0.4) is 0 Å². The number of hydrogen-bond acceptors (Lipinski definition) is 4. The Labute approximate surface area is 173 Å². The number of fused-ring (bicyclic) bond motifs is 1. The summed E-state index contributed by atoms with van der Waals surface area (Å²) in [6.07, 6.45) is 4.68. The monoisotopic (exact) mass is 413 g/mol. The first-order valence-electron chi connectivity index (χ1n) is 10.2. The first kappa shape index (κ1) is 20.3. The first-order chi connectivity index (χ1) is 14.3. The average molecular weight is 413 g/mol. The van der Waals surface area contributed by atoms with Gasteiger partial charge in [-0.15, -0.1) is 0 Å². The number of amides is 1. The number of alkyl halides is 2. The summed E-state index contributed by atoms with van der Waals surface area (Å²) < 4.78 is 29.9. The molecule has 0 spiro atoms. The van der Waals surface area contributed by atoms with Crippen molar-refractivity contribution in [1.82, 2.24) is 14.5 Å². The van der Waals surface area contributed by atoms with Crippen LogP contribution in [-0.4, -0.2) is 33.5 Å². The van der Waals surface area contributed by atoms with Gasteiger partial charge in [-0.3, -0.25) is 9.36 Å². The van der Waals surface area contributed by atoms with Crippen LogP contribution in [0.15, 0.2) is 30.5 Å². The molecule has 0 radical (unpaired) electrons. The van der Waals surface area contributed by atoms with Gasteiger partial charge in [-0.05, 0) is 31.4 Å². The maximum atomic E-state index is 14.0. The van der Waals surface area contributed by atoms with Crippen LogP contribution in [-0.2, 0) is 17.1 Å². The Morgan fingerprint density at radius 1 is 1.27 bits per heavy atom. The topological polar surface area (TPSA) is 63.1 Å². The van der Waals surface area contributed by atoms with Crippen LogP contribution in [0.2, 0.25) is 0 Å². The first-order valence-corrected chi connectivity index (χ1v) is 10.2. The summed E-state index contributed by atoms with van der Waals surface area (Å²) in [5.74, 6) is -2.41. The molecule has 1 N–H and O–H groups in total. The normalized spacial score (nSPS) is 14.5. The van der Waals surface area contributed by atoms with Gasteiger partial charge < -0.3 is 10.2 Å². The highest BCUT2D eigenvalue weighted by Gasteiger charge is 2.28. The predicted molar refractivity (Wildman–Crippen MR) is 114 cm³/mol.